The lowest BCUT2D eigenvalue weighted by molar-refractivity contribution is -0.113. The summed E-state index contributed by atoms with van der Waals surface area (Å²) in [6, 6.07) is 0. The van der Waals surface area contributed by atoms with Gasteiger partial charge in [0.25, 0.3) is 0 Å². The number of fused-ring (bicyclic) bond motifs is 6. The van der Waals surface area contributed by atoms with E-state index in [1.807, 2.05) is 11.3 Å². The quantitative estimate of drug-likeness (QED) is 0.386. The van der Waals surface area contributed by atoms with Crippen molar-refractivity contribution in [2.45, 2.75) is 70.4 Å². The van der Waals surface area contributed by atoms with Crippen LogP contribution in [-0.2, 0) is 36.9 Å². The summed E-state index contributed by atoms with van der Waals surface area (Å²) in [4.78, 5) is 26.1. The van der Waals surface area contributed by atoms with Crippen LogP contribution >= 0.6 is 34.4 Å². The first-order valence-corrected chi connectivity index (χ1v) is 14.3. The summed E-state index contributed by atoms with van der Waals surface area (Å²) >= 11 is 4.85. The number of carbonyl (C=O) groups is 1. The molecule has 2 aliphatic carbocycles. The minimum atomic E-state index is -0.0585. The topological polar surface area (TPSA) is 85.1 Å². The molecule has 0 aromatic carbocycles. The van der Waals surface area contributed by atoms with Crippen LogP contribution in [0.25, 0.3) is 15.9 Å². The van der Waals surface area contributed by atoms with E-state index < -0.39 is 0 Å². The zero-order valence-corrected chi connectivity index (χ0v) is 21.3. The number of thiophene rings is 1. The Labute approximate surface area is 204 Å². The van der Waals surface area contributed by atoms with E-state index in [0.29, 0.717) is 0 Å². The van der Waals surface area contributed by atoms with Crippen LogP contribution in [0.5, 0.6) is 0 Å². The molecule has 0 saturated heterocycles. The van der Waals surface area contributed by atoms with Crippen LogP contribution in [-0.4, -0.2) is 36.2 Å². The highest BCUT2D eigenvalue weighted by atomic mass is 32.2. The van der Waals surface area contributed by atoms with Gasteiger partial charge >= 0.3 is 0 Å². The van der Waals surface area contributed by atoms with Crippen LogP contribution in [0.3, 0.4) is 0 Å². The van der Waals surface area contributed by atoms with E-state index >= 15 is 0 Å². The lowest BCUT2D eigenvalue weighted by Gasteiger charge is -2.17. The standard InChI is InChI=1S/C23H26N6OS3/c1-3-17-25-21-19(13-9-8-12(2)10-16(13)32-21)20-27-28-23(29(17)20)31-11-18(30)26-22-24-14-6-4-5-7-15(14)33-22/h12H,3-11H2,1-2H3,(H,24,26,30)/t12-/m0/s1. The van der Waals surface area contributed by atoms with Gasteiger partial charge in [0, 0.05) is 16.2 Å². The average molecular weight is 499 g/mol. The Kier molecular flexibility index (Phi) is 5.62. The van der Waals surface area contributed by atoms with E-state index in [9.17, 15) is 4.79 Å². The summed E-state index contributed by atoms with van der Waals surface area (Å²) in [5, 5.41) is 14.7. The molecule has 0 radical (unpaired) electrons. The molecular formula is C23H26N6OS3. The lowest BCUT2D eigenvalue weighted by Crippen LogP contribution is -2.14. The molecule has 0 spiro atoms. The predicted molar refractivity (Wildman–Crippen MR) is 135 cm³/mol. The van der Waals surface area contributed by atoms with E-state index in [1.165, 1.54) is 46.3 Å². The molecule has 2 aliphatic rings. The average Bonchev–Trinajstić information content (AvgIpc) is 3.50. The van der Waals surface area contributed by atoms with Gasteiger partial charge in [0.15, 0.2) is 15.9 Å². The molecule has 10 heteroatoms. The van der Waals surface area contributed by atoms with Crippen LogP contribution in [0.4, 0.5) is 5.13 Å². The van der Waals surface area contributed by atoms with E-state index in [2.05, 4.69) is 38.7 Å². The van der Waals surface area contributed by atoms with Crippen molar-refractivity contribution in [2.75, 3.05) is 11.1 Å². The summed E-state index contributed by atoms with van der Waals surface area (Å²) in [6.45, 7) is 4.43. The highest BCUT2D eigenvalue weighted by molar-refractivity contribution is 7.99. The Bertz CT molecular complexity index is 1350. The SMILES string of the molecule is CCc1nc2sc3c(c2c2nnc(SCC(=O)Nc4nc5c(s4)CCCC5)n12)CC[C@H](C)C3. The molecule has 0 saturated carbocycles. The molecule has 7 nitrogen and oxygen atoms in total. The number of hydrogen-bond donors (Lipinski definition) is 1. The van der Waals surface area contributed by atoms with Gasteiger partial charge in [-0.1, -0.05) is 25.6 Å². The van der Waals surface area contributed by atoms with Gasteiger partial charge in [0.1, 0.15) is 10.7 Å². The summed E-state index contributed by atoms with van der Waals surface area (Å²) in [7, 11) is 0. The Morgan fingerprint density at radius 2 is 2.03 bits per heavy atom. The van der Waals surface area contributed by atoms with Crippen LogP contribution in [0.15, 0.2) is 5.16 Å². The number of nitrogens with zero attached hydrogens (tertiary/aromatic N) is 5. The summed E-state index contributed by atoms with van der Waals surface area (Å²) in [5.41, 5.74) is 3.45. The fourth-order valence-electron chi connectivity index (χ4n) is 4.90. The molecule has 172 valence electrons. The van der Waals surface area contributed by atoms with E-state index in [1.54, 1.807) is 11.3 Å². The smallest absolute Gasteiger partial charge is 0.236 e. The molecule has 33 heavy (non-hydrogen) atoms. The molecule has 4 aromatic rings. The van der Waals surface area contributed by atoms with Gasteiger partial charge in [-0.05, 0) is 56.4 Å². The van der Waals surface area contributed by atoms with Crippen molar-refractivity contribution in [1.29, 1.82) is 0 Å². The normalized spacial score (nSPS) is 17.9. The minimum Gasteiger partial charge on any atom is -0.301 e. The van der Waals surface area contributed by atoms with Gasteiger partial charge in [0.05, 0.1) is 16.8 Å². The Morgan fingerprint density at radius 3 is 2.88 bits per heavy atom. The Hall–Kier alpha value is -2.04. The summed E-state index contributed by atoms with van der Waals surface area (Å²) in [5.74, 6) is 1.88. The molecule has 1 amide bonds. The number of thioether (sulfide) groups is 1. The summed E-state index contributed by atoms with van der Waals surface area (Å²) < 4.78 is 2.06. The second kappa shape index (κ2) is 8.63. The number of anilines is 1. The fraction of sp³-hybridized carbons (Fsp3) is 0.522. The molecule has 0 fully saturated rings. The van der Waals surface area contributed by atoms with Crippen LogP contribution in [0.1, 0.15) is 59.9 Å². The van der Waals surface area contributed by atoms with Crippen molar-refractivity contribution in [3.05, 3.63) is 26.8 Å². The molecular weight excluding hydrogens is 472 g/mol. The molecule has 0 bridgehead atoms. The molecule has 1 atom stereocenters. The van der Waals surface area contributed by atoms with Crippen molar-refractivity contribution in [1.82, 2.24) is 24.6 Å². The van der Waals surface area contributed by atoms with Crippen LogP contribution in [0.2, 0.25) is 0 Å². The fourth-order valence-corrected chi connectivity index (χ4v) is 8.11. The van der Waals surface area contributed by atoms with Crippen molar-refractivity contribution >= 4 is 61.3 Å². The van der Waals surface area contributed by atoms with Crippen molar-refractivity contribution < 1.29 is 4.79 Å². The van der Waals surface area contributed by atoms with Crippen LogP contribution in [0, 0.1) is 5.92 Å². The third-order valence-electron chi connectivity index (χ3n) is 6.58. The number of aryl methyl sites for hydroxylation is 4. The second-order valence-corrected chi connectivity index (χ2v) is 12.1. The molecule has 4 aromatic heterocycles. The van der Waals surface area contributed by atoms with Gasteiger partial charge in [-0.2, -0.15) is 0 Å². The number of carbonyl (C=O) groups excluding carboxylic acids is 1. The highest BCUT2D eigenvalue weighted by Crippen LogP contribution is 2.39. The monoisotopic (exact) mass is 498 g/mol. The highest BCUT2D eigenvalue weighted by Gasteiger charge is 2.25. The number of amides is 1. The van der Waals surface area contributed by atoms with E-state index in [4.69, 9.17) is 4.98 Å². The predicted octanol–water partition coefficient (Wildman–Crippen LogP) is 5.09. The van der Waals surface area contributed by atoms with Gasteiger partial charge in [-0.15, -0.1) is 32.9 Å². The third-order valence-corrected chi connectivity index (χ3v) is 9.73. The first-order chi connectivity index (χ1) is 16.1. The molecule has 6 rings (SSSR count). The first-order valence-electron chi connectivity index (χ1n) is 11.7. The number of aromatic nitrogens is 5. The minimum absolute atomic E-state index is 0.0585. The van der Waals surface area contributed by atoms with Gasteiger partial charge in [-0.25, -0.2) is 9.97 Å². The van der Waals surface area contributed by atoms with Crippen molar-refractivity contribution in [3.63, 3.8) is 0 Å². The number of thiazole rings is 1. The number of nitrogens with one attached hydrogen (secondary N) is 1. The van der Waals surface area contributed by atoms with E-state index in [0.717, 1.165) is 75.7 Å². The first kappa shape index (κ1) is 21.5. The van der Waals surface area contributed by atoms with Crippen molar-refractivity contribution in [3.8, 4) is 0 Å². The molecule has 0 aliphatic heterocycles. The largest absolute Gasteiger partial charge is 0.301 e. The van der Waals surface area contributed by atoms with Crippen molar-refractivity contribution in [2.24, 2.45) is 5.92 Å². The maximum atomic E-state index is 12.7. The maximum Gasteiger partial charge on any atom is 0.236 e. The Morgan fingerprint density at radius 1 is 1.15 bits per heavy atom. The number of hydrogen-bond acceptors (Lipinski definition) is 8. The summed E-state index contributed by atoms with van der Waals surface area (Å²) in [6.07, 6.45) is 8.70. The van der Waals surface area contributed by atoms with Crippen LogP contribution < -0.4 is 5.32 Å². The zero-order valence-electron chi connectivity index (χ0n) is 18.8. The van der Waals surface area contributed by atoms with E-state index in [-0.39, 0.29) is 11.7 Å². The maximum absolute atomic E-state index is 12.7. The molecule has 4 heterocycles. The third kappa shape index (κ3) is 3.85. The van der Waals surface area contributed by atoms with Gasteiger partial charge in [-0.3, -0.25) is 9.20 Å². The Balaban J connectivity index is 1.26. The molecule has 0 unspecified atom stereocenters. The van der Waals surface area contributed by atoms with Gasteiger partial charge in [0.2, 0.25) is 5.91 Å². The van der Waals surface area contributed by atoms with Gasteiger partial charge < -0.3 is 5.32 Å². The second-order valence-electron chi connectivity index (χ2n) is 8.99. The number of rotatable bonds is 5. The lowest BCUT2D eigenvalue weighted by atomic mass is 9.89. The zero-order chi connectivity index (χ0) is 22.5. The molecule has 1 N–H and O–H groups in total.